The molecule has 0 spiro atoms. The molecule has 0 aliphatic carbocycles. The summed E-state index contributed by atoms with van der Waals surface area (Å²) in [6.07, 6.45) is 4.27. The van der Waals surface area contributed by atoms with Crippen LogP contribution in [0, 0.1) is 5.92 Å². The van der Waals surface area contributed by atoms with E-state index in [9.17, 15) is 13.2 Å². The largest absolute Gasteiger partial charge is 0.467 e. The van der Waals surface area contributed by atoms with E-state index in [-0.39, 0.29) is 11.8 Å². The van der Waals surface area contributed by atoms with Gasteiger partial charge in [-0.2, -0.15) is 17.0 Å². The second-order valence-corrected chi connectivity index (χ2v) is 8.31. The van der Waals surface area contributed by atoms with Crippen molar-refractivity contribution >= 4 is 16.1 Å². The summed E-state index contributed by atoms with van der Waals surface area (Å²) in [6, 6.07) is 3.59. The van der Waals surface area contributed by atoms with Gasteiger partial charge in [0.15, 0.2) is 0 Å². The average molecular weight is 372 g/mol. The number of nitrogens with zero attached hydrogens (tertiary/aromatic N) is 2. The van der Waals surface area contributed by atoms with Crippen LogP contribution in [0.25, 0.3) is 0 Å². The quantitative estimate of drug-likeness (QED) is 0.719. The summed E-state index contributed by atoms with van der Waals surface area (Å²) in [5, 5.41) is 2.86. The molecule has 2 rings (SSSR count). The van der Waals surface area contributed by atoms with Crippen molar-refractivity contribution in [2.24, 2.45) is 5.92 Å². The van der Waals surface area contributed by atoms with Crippen LogP contribution in [0.2, 0.25) is 0 Å². The first kappa shape index (κ1) is 19.9. The molecule has 1 saturated heterocycles. The van der Waals surface area contributed by atoms with E-state index < -0.39 is 10.2 Å². The number of carbonyl (C=O) groups is 1. The summed E-state index contributed by atoms with van der Waals surface area (Å²) < 4.78 is 33.8. The molecule has 142 valence electrons. The van der Waals surface area contributed by atoms with Crippen LogP contribution in [-0.4, -0.2) is 49.1 Å². The van der Waals surface area contributed by atoms with Gasteiger partial charge >= 0.3 is 0 Å². The van der Waals surface area contributed by atoms with E-state index >= 15 is 0 Å². The van der Waals surface area contributed by atoms with E-state index in [1.807, 2.05) is 19.9 Å². The Kier molecular flexibility index (Phi) is 7.46. The molecule has 1 aliphatic rings. The summed E-state index contributed by atoms with van der Waals surface area (Å²) >= 11 is 0. The number of hydrogen-bond donors (Lipinski definition) is 1. The molecular weight excluding hydrogens is 342 g/mol. The monoisotopic (exact) mass is 371 g/mol. The van der Waals surface area contributed by atoms with Gasteiger partial charge in [0.05, 0.1) is 12.8 Å². The molecule has 0 atom stereocenters. The topological polar surface area (TPSA) is 82.9 Å². The van der Waals surface area contributed by atoms with Crippen LogP contribution in [0.1, 0.15) is 45.3 Å². The Bertz CT molecular complexity index is 616. The highest BCUT2D eigenvalue weighted by Crippen LogP contribution is 2.22. The lowest BCUT2D eigenvalue weighted by Crippen LogP contribution is -2.49. The zero-order valence-corrected chi connectivity index (χ0v) is 15.9. The van der Waals surface area contributed by atoms with Crippen molar-refractivity contribution in [3.63, 3.8) is 0 Å². The Balaban J connectivity index is 1.86. The summed E-state index contributed by atoms with van der Waals surface area (Å²) in [7, 11) is -3.43. The fourth-order valence-electron chi connectivity index (χ4n) is 3.09. The fourth-order valence-corrected chi connectivity index (χ4v) is 4.91. The smallest absolute Gasteiger partial charge is 0.281 e. The van der Waals surface area contributed by atoms with E-state index in [2.05, 4.69) is 5.32 Å². The molecule has 8 heteroatoms. The van der Waals surface area contributed by atoms with Gasteiger partial charge in [-0.05, 0) is 37.8 Å². The van der Waals surface area contributed by atoms with Gasteiger partial charge in [-0.3, -0.25) is 4.79 Å². The van der Waals surface area contributed by atoms with Crippen molar-refractivity contribution in [3.8, 4) is 0 Å². The molecule has 25 heavy (non-hydrogen) atoms. The first-order chi connectivity index (χ1) is 12.0. The lowest BCUT2D eigenvalue weighted by Gasteiger charge is -2.34. The van der Waals surface area contributed by atoms with Crippen molar-refractivity contribution in [2.75, 3.05) is 26.2 Å². The Morgan fingerprint density at radius 1 is 1.28 bits per heavy atom. The van der Waals surface area contributed by atoms with Crippen molar-refractivity contribution in [2.45, 2.75) is 46.1 Å². The van der Waals surface area contributed by atoms with Crippen LogP contribution < -0.4 is 5.32 Å². The van der Waals surface area contributed by atoms with Crippen LogP contribution in [0.3, 0.4) is 0 Å². The standard InChI is InChI=1S/C17H29N3O4S/c1-3-9-19(10-4-2)25(22,23)20-11-7-15(8-12-20)17(21)18-14-16-6-5-13-24-16/h5-6,13,15H,3-4,7-12,14H2,1-2H3,(H,18,21). The Morgan fingerprint density at radius 2 is 1.92 bits per heavy atom. The zero-order chi connectivity index (χ0) is 18.3. The van der Waals surface area contributed by atoms with Crippen molar-refractivity contribution < 1.29 is 17.6 Å². The average Bonchev–Trinajstić information content (AvgIpc) is 3.13. The molecule has 1 amide bonds. The third kappa shape index (κ3) is 5.29. The lowest BCUT2D eigenvalue weighted by atomic mass is 9.97. The van der Waals surface area contributed by atoms with E-state index in [1.165, 1.54) is 4.31 Å². The molecule has 1 aliphatic heterocycles. The summed E-state index contributed by atoms with van der Waals surface area (Å²) in [6.45, 7) is 6.20. The van der Waals surface area contributed by atoms with Gasteiger partial charge in [0.25, 0.3) is 10.2 Å². The van der Waals surface area contributed by atoms with E-state index in [4.69, 9.17) is 4.42 Å². The Labute approximate surface area is 150 Å². The van der Waals surface area contributed by atoms with Crippen LogP contribution in [0.5, 0.6) is 0 Å². The molecule has 1 fully saturated rings. The molecule has 0 bridgehead atoms. The molecular formula is C17H29N3O4S. The minimum Gasteiger partial charge on any atom is -0.467 e. The number of carbonyl (C=O) groups excluding carboxylic acids is 1. The van der Waals surface area contributed by atoms with Gasteiger partial charge in [-0.25, -0.2) is 0 Å². The Hall–Kier alpha value is -1.38. The van der Waals surface area contributed by atoms with Gasteiger partial charge < -0.3 is 9.73 Å². The van der Waals surface area contributed by atoms with Crippen LogP contribution in [-0.2, 0) is 21.5 Å². The second kappa shape index (κ2) is 9.35. The molecule has 1 aromatic heterocycles. The third-order valence-electron chi connectivity index (χ3n) is 4.44. The van der Waals surface area contributed by atoms with Gasteiger partial charge in [0.2, 0.25) is 5.91 Å². The molecule has 0 unspecified atom stereocenters. The van der Waals surface area contributed by atoms with Gasteiger partial charge in [0.1, 0.15) is 5.76 Å². The highest BCUT2D eigenvalue weighted by atomic mass is 32.2. The lowest BCUT2D eigenvalue weighted by molar-refractivity contribution is -0.126. The fraction of sp³-hybridized carbons (Fsp3) is 0.706. The number of nitrogens with one attached hydrogen (secondary N) is 1. The number of rotatable bonds is 9. The zero-order valence-electron chi connectivity index (χ0n) is 15.1. The van der Waals surface area contributed by atoms with Crippen LogP contribution in [0.4, 0.5) is 0 Å². The normalized spacial score (nSPS) is 17.1. The van der Waals surface area contributed by atoms with Crippen LogP contribution >= 0.6 is 0 Å². The van der Waals surface area contributed by atoms with Gasteiger partial charge in [0, 0.05) is 32.1 Å². The molecule has 1 N–H and O–H groups in total. The summed E-state index contributed by atoms with van der Waals surface area (Å²) in [5.74, 6) is 0.530. The minimum absolute atomic E-state index is 0.0348. The number of amides is 1. The molecule has 1 aromatic rings. The highest BCUT2D eigenvalue weighted by molar-refractivity contribution is 7.86. The third-order valence-corrected chi connectivity index (χ3v) is 6.48. The minimum atomic E-state index is -3.43. The molecule has 7 nitrogen and oxygen atoms in total. The maximum absolute atomic E-state index is 12.8. The van der Waals surface area contributed by atoms with Crippen molar-refractivity contribution in [1.82, 2.24) is 13.9 Å². The molecule has 0 aromatic carbocycles. The first-order valence-corrected chi connectivity index (χ1v) is 10.4. The van der Waals surface area contributed by atoms with E-state index in [0.717, 1.165) is 12.8 Å². The van der Waals surface area contributed by atoms with Crippen molar-refractivity contribution in [3.05, 3.63) is 24.2 Å². The maximum atomic E-state index is 12.8. The molecule has 0 radical (unpaired) electrons. The molecule has 2 heterocycles. The Morgan fingerprint density at radius 3 is 2.44 bits per heavy atom. The highest BCUT2D eigenvalue weighted by Gasteiger charge is 2.34. The maximum Gasteiger partial charge on any atom is 0.281 e. The first-order valence-electron chi connectivity index (χ1n) is 9.04. The second-order valence-electron chi connectivity index (χ2n) is 6.38. The predicted molar refractivity (Wildman–Crippen MR) is 95.9 cm³/mol. The number of hydrogen-bond acceptors (Lipinski definition) is 4. The van der Waals surface area contributed by atoms with Crippen LogP contribution in [0.15, 0.2) is 22.8 Å². The van der Waals surface area contributed by atoms with Gasteiger partial charge in [-0.1, -0.05) is 13.8 Å². The predicted octanol–water partition coefficient (Wildman–Crippen LogP) is 1.97. The van der Waals surface area contributed by atoms with E-state index in [0.29, 0.717) is 51.3 Å². The van der Waals surface area contributed by atoms with E-state index in [1.54, 1.807) is 16.6 Å². The number of piperidine rings is 1. The summed E-state index contributed by atoms with van der Waals surface area (Å²) in [5.41, 5.74) is 0. The molecule has 0 saturated carbocycles. The summed E-state index contributed by atoms with van der Waals surface area (Å²) in [4.78, 5) is 12.3. The SMILES string of the molecule is CCCN(CCC)S(=O)(=O)N1CCC(C(=O)NCc2ccco2)CC1. The van der Waals surface area contributed by atoms with Gasteiger partial charge in [-0.15, -0.1) is 0 Å². The van der Waals surface area contributed by atoms with Crippen molar-refractivity contribution in [1.29, 1.82) is 0 Å². The number of furan rings is 1.